The van der Waals surface area contributed by atoms with Crippen LogP contribution in [-0.4, -0.2) is 47.2 Å². The van der Waals surface area contributed by atoms with Crippen molar-refractivity contribution >= 4 is 17.4 Å². The molecule has 6 nitrogen and oxygen atoms in total. The van der Waals surface area contributed by atoms with E-state index in [1.165, 1.54) is 0 Å². The SMILES string of the molecule is CC(C)OCCN1C(=O)C(O)=C(c2ccc(OC(C)C)cc2)C1=O. The zero-order valence-electron chi connectivity index (χ0n) is 14.4. The Bertz CT molecular complexity index is 646. The maximum atomic E-state index is 12.5. The second-order valence-corrected chi connectivity index (χ2v) is 6.10. The predicted octanol–water partition coefficient (Wildman–Crippen LogP) is 2.54. The van der Waals surface area contributed by atoms with E-state index < -0.39 is 17.6 Å². The molecule has 130 valence electrons. The van der Waals surface area contributed by atoms with Gasteiger partial charge < -0.3 is 14.6 Å². The number of hydrogen-bond acceptors (Lipinski definition) is 5. The lowest BCUT2D eigenvalue weighted by atomic mass is 10.1. The second kappa shape index (κ2) is 7.49. The summed E-state index contributed by atoms with van der Waals surface area (Å²) in [5, 5.41) is 10.1. The maximum absolute atomic E-state index is 12.5. The second-order valence-electron chi connectivity index (χ2n) is 6.10. The van der Waals surface area contributed by atoms with Crippen molar-refractivity contribution in [1.82, 2.24) is 4.90 Å². The Morgan fingerprint density at radius 2 is 1.62 bits per heavy atom. The number of aliphatic hydroxyl groups is 1. The van der Waals surface area contributed by atoms with Crippen molar-refractivity contribution in [3.63, 3.8) is 0 Å². The summed E-state index contributed by atoms with van der Waals surface area (Å²) < 4.78 is 10.9. The van der Waals surface area contributed by atoms with Crippen LogP contribution >= 0.6 is 0 Å². The van der Waals surface area contributed by atoms with Gasteiger partial charge in [0.1, 0.15) is 5.75 Å². The lowest BCUT2D eigenvalue weighted by Crippen LogP contribution is -2.35. The standard InChI is InChI=1S/C18H23NO5/c1-11(2)23-10-9-19-17(21)15(16(20)18(19)22)13-5-7-14(8-6-13)24-12(3)4/h5-8,11-12,20H,9-10H2,1-4H3. The van der Waals surface area contributed by atoms with E-state index in [9.17, 15) is 14.7 Å². The van der Waals surface area contributed by atoms with Crippen molar-refractivity contribution in [2.24, 2.45) is 0 Å². The highest BCUT2D eigenvalue weighted by molar-refractivity contribution is 6.34. The molecular formula is C18H23NO5. The third-order valence-electron chi connectivity index (χ3n) is 3.42. The minimum atomic E-state index is -0.690. The van der Waals surface area contributed by atoms with Crippen LogP contribution in [0.15, 0.2) is 30.0 Å². The van der Waals surface area contributed by atoms with Crippen LogP contribution in [0.25, 0.3) is 5.57 Å². The molecule has 2 rings (SSSR count). The van der Waals surface area contributed by atoms with Gasteiger partial charge in [-0.25, -0.2) is 0 Å². The molecule has 2 amide bonds. The lowest BCUT2D eigenvalue weighted by Gasteiger charge is -2.15. The lowest BCUT2D eigenvalue weighted by molar-refractivity contribution is -0.139. The number of rotatable bonds is 7. The average molecular weight is 333 g/mol. The van der Waals surface area contributed by atoms with Crippen LogP contribution in [0, 0.1) is 0 Å². The Labute approximate surface area is 141 Å². The summed E-state index contributed by atoms with van der Waals surface area (Å²) in [6, 6.07) is 6.72. The third kappa shape index (κ3) is 3.94. The van der Waals surface area contributed by atoms with Crippen LogP contribution in [0.5, 0.6) is 5.75 Å². The van der Waals surface area contributed by atoms with Crippen molar-refractivity contribution in [2.75, 3.05) is 13.2 Å². The summed E-state index contributed by atoms with van der Waals surface area (Å²) in [6.45, 7) is 7.91. The molecule has 1 aliphatic heterocycles. The van der Waals surface area contributed by atoms with Gasteiger partial charge in [-0.1, -0.05) is 12.1 Å². The molecule has 0 saturated heterocycles. The first kappa shape index (κ1) is 18.0. The number of nitrogens with zero attached hydrogens (tertiary/aromatic N) is 1. The number of amides is 2. The largest absolute Gasteiger partial charge is 0.502 e. The molecule has 1 aromatic rings. The first-order chi connectivity index (χ1) is 11.3. The highest BCUT2D eigenvalue weighted by atomic mass is 16.5. The maximum Gasteiger partial charge on any atom is 0.296 e. The summed E-state index contributed by atoms with van der Waals surface area (Å²) in [6.07, 6.45) is 0.0435. The molecule has 0 spiro atoms. The molecule has 1 aromatic carbocycles. The minimum absolute atomic E-state index is 0.00679. The van der Waals surface area contributed by atoms with Crippen LogP contribution in [0.1, 0.15) is 33.3 Å². The van der Waals surface area contributed by atoms with Crippen LogP contribution in [0.4, 0.5) is 0 Å². The van der Waals surface area contributed by atoms with Gasteiger partial charge in [-0.3, -0.25) is 14.5 Å². The molecule has 0 aliphatic carbocycles. The van der Waals surface area contributed by atoms with Gasteiger partial charge in [0.05, 0.1) is 30.9 Å². The van der Waals surface area contributed by atoms with Gasteiger partial charge in [0.25, 0.3) is 11.8 Å². The normalized spacial score (nSPS) is 15.2. The summed E-state index contributed by atoms with van der Waals surface area (Å²) in [5.74, 6) is -1.07. The fourth-order valence-electron chi connectivity index (χ4n) is 2.38. The Balaban J connectivity index is 2.14. The third-order valence-corrected chi connectivity index (χ3v) is 3.42. The molecule has 0 saturated carbocycles. The molecule has 0 bridgehead atoms. The number of hydrogen-bond donors (Lipinski definition) is 1. The van der Waals surface area contributed by atoms with E-state index in [2.05, 4.69) is 0 Å². The highest BCUT2D eigenvalue weighted by Crippen LogP contribution is 2.29. The van der Waals surface area contributed by atoms with Crippen LogP contribution in [0.2, 0.25) is 0 Å². The quantitative estimate of drug-likeness (QED) is 0.776. The highest BCUT2D eigenvalue weighted by Gasteiger charge is 2.38. The van der Waals surface area contributed by atoms with E-state index in [0.29, 0.717) is 11.3 Å². The van der Waals surface area contributed by atoms with E-state index in [-0.39, 0.29) is 30.9 Å². The fraction of sp³-hybridized carbons (Fsp3) is 0.444. The Morgan fingerprint density at radius 1 is 1.00 bits per heavy atom. The molecule has 0 atom stereocenters. The van der Waals surface area contributed by atoms with Crippen molar-refractivity contribution in [1.29, 1.82) is 0 Å². The van der Waals surface area contributed by atoms with Gasteiger partial charge in [-0.2, -0.15) is 0 Å². The van der Waals surface area contributed by atoms with E-state index >= 15 is 0 Å². The molecule has 0 unspecified atom stereocenters. The Hall–Kier alpha value is -2.34. The van der Waals surface area contributed by atoms with Crippen LogP contribution in [0.3, 0.4) is 0 Å². The zero-order chi connectivity index (χ0) is 17.9. The van der Waals surface area contributed by atoms with Crippen molar-refractivity contribution < 1.29 is 24.2 Å². The fourth-order valence-corrected chi connectivity index (χ4v) is 2.38. The minimum Gasteiger partial charge on any atom is -0.502 e. The average Bonchev–Trinajstić information content (AvgIpc) is 2.71. The molecule has 1 aliphatic rings. The summed E-state index contributed by atoms with van der Waals surface area (Å²) in [7, 11) is 0. The number of aliphatic hydroxyl groups excluding tert-OH is 1. The van der Waals surface area contributed by atoms with Gasteiger partial charge in [0, 0.05) is 0 Å². The first-order valence-electron chi connectivity index (χ1n) is 7.99. The van der Waals surface area contributed by atoms with Crippen molar-refractivity contribution in [2.45, 2.75) is 39.9 Å². The number of imide groups is 1. The topological polar surface area (TPSA) is 76.1 Å². The Kier molecular flexibility index (Phi) is 5.62. The number of carbonyl (C=O) groups excluding carboxylic acids is 2. The first-order valence-corrected chi connectivity index (χ1v) is 7.99. The molecule has 0 fully saturated rings. The van der Waals surface area contributed by atoms with Crippen molar-refractivity contribution in [3.8, 4) is 5.75 Å². The molecule has 24 heavy (non-hydrogen) atoms. The van der Waals surface area contributed by atoms with E-state index in [4.69, 9.17) is 9.47 Å². The van der Waals surface area contributed by atoms with Gasteiger partial charge >= 0.3 is 0 Å². The van der Waals surface area contributed by atoms with E-state index in [1.54, 1.807) is 24.3 Å². The van der Waals surface area contributed by atoms with Gasteiger partial charge in [0.2, 0.25) is 0 Å². The summed E-state index contributed by atoms with van der Waals surface area (Å²) >= 11 is 0. The molecular weight excluding hydrogens is 310 g/mol. The van der Waals surface area contributed by atoms with E-state index in [0.717, 1.165) is 4.90 Å². The van der Waals surface area contributed by atoms with Gasteiger partial charge in [0.15, 0.2) is 5.76 Å². The summed E-state index contributed by atoms with van der Waals surface area (Å²) in [4.78, 5) is 25.6. The number of benzene rings is 1. The van der Waals surface area contributed by atoms with Gasteiger partial charge in [-0.15, -0.1) is 0 Å². The number of ether oxygens (including phenoxy) is 2. The van der Waals surface area contributed by atoms with Gasteiger partial charge in [-0.05, 0) is 45.4 Å². The molecule has 0 aromatic heterocycles. The van der Waals surface area contributed by atoms with Crippen LogP contribution in [-0.2, 0) is 14.3 Å². The molecule has 6 heteroatoms. The smallest absolute Gasteiger partial charge is 0.296 e. The van der Waals surface area contributed by atoms with Crippen molar-refractivity contribution in [3.05, 3.63) is 35.6 Å². The number of carbonyl (C=O) groups is 2. The molecule has 1 N–H and O–H groups in total. The zero-order valence-corrected chi connectivity index (χ0v) is 14.4. The van der Waals surface area contributed by atoms with E-state index in [1.807, 2.05) is 27.7 Å². The van der Waals surface area contributed by atoms with Crippen LogP contribution < -0.4 is 4.74 Å². The molecule has 0 radical (unpaired) electrons. The Morgan fingerprint density at radius 3 is 2.17 bits per heavy atom. The summed E-state index contributed by atoms with van der Waals surface area (Å²) in [5.41, 5.74) is 0.495. The monoisotopic (exact) mass is 333 g/mol. The molecule has 1 heterocycles. The predicted molar refractivity (Wildman–Crippen MR) is 89.6 cm³/mol.